The minimum atomic E-state index is -0.276. The van der Waals surface area contributed by atoms with Gasteiger partial charge in [0.15, 0.2) is 0 Å². The number of rotatable bonds is 7. The van der Waals surface area contributed by atoms with E-state index in [1.54, 1.807) is 11.8 Å². The summed E-state index contributed by atoms with van der Waals surface area (Å²) in [6.07, 6.45) is 7.30. The minimum Gasteiger partial charge on any atom is -0.355 e. The van der Waals surface area contributed by atoms with Crippen molar-refractivity contribution in [1.82, 2.24) is 5.32 Å². The number of nitrogens with two attached hydrogens (primary N) is 1. The van der Waals surface area contributed by atoms with Gasteiger partial charge in [-0.3, -0.25) is 4.79 Å². The van der Waals surface area contributed by atoms with Gasteiger partial charge in [-0.05, 0) is 12.8 Å². The van der Waals surface area contributed by atoms with Crippen molar-refractivity contribution in [1.29, 1.82) is 0 Å². The SMILES string of the molecule is C=CCSCCNC(=O)C1(CN)CCCCC1. The van der Waals surface area contributed by atoms with Crippen LogP contribution in [0, 0.1) is 5.41 Å². The number of carbonyl (C=O) groups is 1. The molecule has 0 atom stereocenters. The van der Waals surface area contributed by atoms with Crippen LogP contribution < -0.4 is 11.1 Å². The summed E-state index contributed by atoms with van der Waals surface area (Å²) < 4.78 is 0. The van der Waals surface area contributed by atoms with Gasteiger partial charge in [0.25, 0.3) is 0 Å². The van der Waals surface area contributed by atoms with Crippen LogP contribution in [0.5, 0.6) is 0 Å². The van der Waals surface area contributed by atoms with Crippen LogP contribution in [0.15, 0.2) is 12.7 Å². The first-order chi connectivity index (χ1) is 8.25. The summed E-state index contributed by atoms with van der Waals surface area (Å²) in [5.41, 5.74) is 5.54. The Morgan fingerprint density at radius 2 is 2.12 bits per heavy atom. The maximum absolute atomic E-state index is 12.2. The van der Waals surface area contributed by atoms with E-state index in [4.69, 9.17) is 5.73 Å². The topological polar surface area (TPSA) is 55.1 Å². The molecular formula is C13H24N2OS. The zero-order valence-electron chi connectivity index (χ0n) is 10.5. The normalized spacial score (nSPS) is 18.6. The number of amides is 1. The summed E-state index contributed by atoms with van der Waals surface area (Å²) in [5, 5.41) is 3.03. The smallest absolute Gasteiger partial charge is 0.227 e. The second-order valence-electron chi connectivity index (χ2n) is 4.66. The molecule has 0 unspecified atom stereocenters. The van der Waals surface area contributed by atoms with Crippen LogP contribution >= 0.6 is 11.8 Å². The molecule has 1 rings (SSSR count). The second-order valence-corrected chi connectivity index (χ2v) is 5.81. The average Bonchev–Trinajstić information content (AvgIpc) is 2.39. The molecule has 0 aliphatic heterocycles. The molecule has 1 saturated carbocycles. The van der Waals surface area contributed by atoms with Gasteiger partial charge in [0, 0.05) is 24.6 Å². The van der Waals surface area contributed by atoms with E-state index in [2.05, 4.69) is 11.9 Å². The molecule has 0 spiro atoms. The Labute approximate surface area is 109 Å². The highest BCUT2D eigenvalue weighted by Crippen LogP contribution is 2.35. The van der Waals surface area contributed by atoms with Crippen LogP contribution in [0.3, 0.4) is 0 Å². The molecule has 0 bridgehead atoms. The zero-order chi connectivity index (χ0) is 12.6. The van der Waals surface area contributed by atoms with Gasteiger partial charge < -0.3 is 11.1 Å². The van der Waals surface area contributed by atoms with E-state index in [1.807, 2.05) is 6.08 Å². The van der Waals surface area contributed by atoms with Crippen molar-refractivity contribution in [2.24, 2.45) is 11.1 Å². The first-order valence-electron chi connectivity index (χ1n) is 6.42. The van der Waals surface area contributed by atoms with E-state index in [-0.39, 0.29) is 11.3 Å². The Bertz CT molecular complexity index is 250. The molecule has 1 aliphatic carbocycles. The van der Waals surface area contributed by atoms with Gasteiger partial charge in [-0.2, -0.15) is 11.8 Å². The van der Waals surface area contributed by atoms with E-state index in [0.717, 1.165) is 43.7 Å². The maximum atomic E-state index is 12.2. The van der Waals surface area contributed by atoms with Crippen LogP contribution in [-0.4, -0.2) is 30.5 Å². The molecular weight excluding hydrogens is 232 g/mol. The molecule has 0 aromatic carbocycles. The Balaban J connectivity index is 2.30. The van der Waals surface area contributed by atoms with Crippen molar-refractivity contribution in [2.45, 2.75) is 32.1 Å². The van der Waals surface area contributed by atoms with E-state index in [9.17, 15) is 4.79 Å². The highest BCUT2D eigenvalue weighted by Gasteiger charge is 2.37. The Morgan fingerprint density at radius 1 is 1.41 bits per heavy atom. The lowest BCUT2D eigenvalue weighted by atomic mass is 9.73. The lowest BCUT2D eigenvalue weighted by Crippen LogP contribution is -2.47. The number of nitrogens with one attached hydrogen (secondary N) is 1. The zero-order valence-corrected chi connectivity index (χ0v) is 11.4. The van der Waals surface area contributed by atoms with E-state index >= 15 is 0 Å². The number of thioether (sulfide) groups is 1. The van der Waals surface area contributed by atoms with Gasteiger partial charge in [-0.15, -0.1) is 6.58 Å². The number of hydrogen-bond donors (Lipinski definition) is 2. The standard InChI is InChI=1S/C13H24N2OS/c1-2-9-17-10-8-15-12(16)13(11-14)6-4-3-5-7-13/h2H,1,3-11,14H2,(H,15,16). The predicted molar refractivity (Wildman–Crippen MR) is 75.1 cm³/mol. The summed E-state index contributed by atoms with van der Waals surface area (Å²) in [6, 6.07) is 0. The van der Waals surface area contributed by atoms with Crippen molar-refractivity contribution < 1.29 is 4.79 Å². The van der Waals surface area contributed by atoms with Crippen molar-refractivity contribution in [3.8, 4) is 0 Å². The molecule has 0 saturated heterocycles. The molecule has 4 heteroatoms. The predicted octanol–water partition coefficient (Wildman–Crippen LogP) is 1.93. The molecule has 1 aliphatic rings. The Kier molecular flexibility index (Phi) is 6.66. The molecule has 98 valence electrons. The van der Waals surface area contributed by atoms with Crippen molar-refractivity contribution in [3.05, 3.63) is 12.7 Å². The van der Waals surface area contributed by atoms with E-state index < -0.39 is 0 Å². The van der Waals surface area contributed by atoms with Crippen LogP contribution in [-0.2, 0) is 4.79 Å². The largest absolute Gasteiger partial charge is 0.355 e. The first-order valence-corrected chi connectivity index (χ1v) is 7.58. The van der Waals surface area contributed by atoms with Crippen molar-refractivity contribution in [2.75, 3.05) is 24.6 Å². The fourth-order valence-corrected chi connectivity index (χ4v) is 2.92. The van der Waals surface area contributed by atoms with Crippen LogP contribution in [0.1, 0.15) is 32.1 Å². The van der Waals surface area contributed by atoms with Gasteiger partial charge in [0.05, 0.1) is 5.41 Å². The third-order valence-electron chi connectivity index (χ3n) is 3.45. The van der Waals surface area contributed by atoms with Gasteiger partial charge in [-0.1, -0.05) is 25.3 Å². The van der Waals surface area contributed by atoms with Crippen molar-refractivity contribution in [3.63, 3.8) is 0 Å². The fraction of sp³-hybridized carbons (Fsp3) is 0.769. The first kappa shape index (κ1) is 14.6. The average molecular weight is 256 g/mol. The molecule has 3 N–H and O–H groups in total. The molecule has 3 nitrogen and oxygen atoms in total. The fourth-order valence-electron chi connectivity index (χ4n) is 2.34. The lowest BCUT2D eigenvalue weighted by Gasteiger charge is -2.34. The Hall–Kier alpha value is -0.480. The van der Waals surface area contributed by atoms with E-state index in [1.165, 1.54) is 6.42 Å². The quantitative estimate of drug-likeness (QED) is 0.540. The van der Waals surface area contributed by atoms with Gasteiger partial charge >= 0.3 is 0 Å². The molecule has 0 radical (unpaired) electrons. The lowest BCUT2D eigenvalue weighted by molar-refractivity contribution is -0.132. The summed E-state index contributed by atoms with van der Waals surface area (Å²) in [7, 11) is 0. The molecule has 0 aromatic heterocycles. The third kappa shape index (κ3) is 4.36. The Morgan fingerprint density at radius 3 is 2.71 bits per heavy atom. The molecule has 0 aromatic rings. The summed E-state index contributed by atoms with van der Waals surface area (Å²) >= 11 is 1.78. The summed E-state index contributed by atoms with van der Waals surface area (Å²) in [4.78, 5) is 12.2. The number of hydrogen-bond acceptors (Lipinski definition) is 3. The van der Waals surface area contributed by atoms with Crippen molar-refractivity contribution >= 4 is 17.7 Å². The highest BCUT2D eigenvalue weighted by atomic mass is 32.2. The summed E-state index contributed by atoms with van der Waals surface area (Å²) in [6.45, 7) is 4.89. The van der Waals surface area contributed by atoms with Gasteiger partial charge in [0.2, 0.25) is 5.91 Å². The third-order valence-corrected chi connectivity index (χ3v) is 4.41. The van der Waals surface area contributed by atoms with Gasteiger partial charge in [0.1, 0.15) is 0 Å². The van der Waals surface area contributed by atoms with E-state index in [0.29, 0.717) is 6.54 Å². The van der Waals surface area contributed by atoms with Crippen LogP contribution in [0.2, 0.25) is 0 Å². The monoisotopic (exact) mass is 256 g/mol. The molecule has 1 fully saturated rings. The minimum absolute atomic E-state index is 0.166. The molecule has 1 amide bonds. The molecule has 17 heavy (non-hydrogen) atoms. The summed E-state index contributed by atoms with van der Waals surface area (Å²) in [5.74, 6) is 2.05. The van der Waals surface area contributed by atoms with Gasteiger partial charge in [-0.25, -0.2) is 0 Å². The maximum Gasteiger partial charge on any atom is 0.227 e. The highest BCUT2D eigenvalue weighted by molar-refractivity contribution is 7.99. The number of carbonyl (C=O) groups excluding carboxylic acids is 1. The molecule has 0 heterocycles. The van der Waals surface area contributed by atoms with Crippen LogP contribution in [0.4, 0.5) is 0 Å². The van der Waals surface area contributed by atoms with Crippen LogP contribution in [0.25, 0.3) is 0 Å². The second kappa shape index (κ2) is 7.77.